The summed E-state index contributed by atoms with van der Waals surface area (Å²) in [5, 5.41) is 3.12. The standard InChI is InChI=1S/C15H20BrNO2/c1-10-3-4-13(16)9-14(10)15(18)17-11(2)12-5-7-19-8-6-12/h3-4,9,11-12H,5-8H2,1-2H3,(H,17,18). The van der Waals surface area contributed by atoms with Gasteiger partial charge < -0.3 is 10.1 Å². The first kappa shape index (κ1) is 14.5. The molecule has 1 aromatic rings. The highest BCUT2D eigenvalue weighted by Crippen LogP contribution is 2.20. The highest BCUT2D eigenvalue weighted by molar-refractivity contribution is 9.10. The summed E-state index contributed by atoms with van der Waals surface area (Å²) >= 11 is 3.41. The van der Waals surface area contributed by atoms with Crippen molar-refractivity contribution in [1.29, 1.82) is 0 Å². The Morgan fingerprint density at radius 1 is 1.42 bits per heavy atom. The van der Waals surface area contributed by atoms with Crippen LogP contribution in [0.15, 0.2) is 22.7 Å². The van der Waals surface area contributed by atoms with E-state index in [0.717, 1.165) is 41.7 Å². The maximum atomic E-state index is 12.3. The molecule has 1 aliphatic rings. The summed E-state index contributed by atoms with van der Waals surface area (Å²) in [5.41, 5.74) is 1.74. The first-order chi connectivity index (χ1) is 9.08. The van der Waals surface area contributed by atoms with E-state index in [2.05, 4.69) is 28.2 Å². The van der Waals surface area contributed by atoms with E-state index < -0.39 is 0 Å². The van der Waals surface area contributed by atoms with Crippen LogP contribution >= 0.6 is 15.9 Å². The van der Waals surface area contributed by atoms with Crippen LogP contribution in [0.4, 0.5) is 0 Å². The predicted octanol–water partition coefficient (Wildman–Crippen LogP) is 3.30. The Bertz CT molecular complexity index is 455. The second kappa shape index (κ2) is 6.53. The van der Waals surface area contributed by atoms with Crippen LogP contribution in [0.2, 0.25) is 0 Å². The second-order valence-electron chi connectivity index (χ2n) is 5.17. The maximum absolute atomic E-state index is 12.3. The number of ether oxygens (including phenoxy) is 1. The molecule has 0 aliphatic carbocycles. The molecule has 1 aromatic carbocycles. The Labute approximate surface area is 122 Å². The van der Waals surface area contributed by atoms with E-state index in [1.54, 1.807) is 0 Å². The van der Waals surface area contributed by atoms with E-state index in [1.807, 2.05) is 25.1 Å². The molecule has 0 spiro atoms. The third-order valence-corrected chi connectivity index (χ3v) is 4.27. The van der Waals surface area contributed by atoms with Gasteiger partial charge in [-0.25, -0.2) is 0 Å². The van der Waals surface area contributed by atoms with Crippen molar-refractivity contribution in [3.63, 3.8) is 0 Å². The molecule has 3 nitrogen and oxygen atoms in total. The summed E-state index contributed by atoms with van der Waals surface area (Å²) in [6, 6.07) is 5.97. The molecule has 0 bridgehead atoms. The third-order valence-electron chi connectivity index (χ3n) is 3.78. The minimum Gasteiger partial charge on any atom is -0.381 e. The first-order valence-electron chi connectivity index (χ1n) is 6.72. The lowest BCUT2D eigenvalue weighted by Crippen LogP contribution is -2.40. The van der Waals surface area contributed by atoms with Crippen LogP contribution in [0.5, 0.6) is 0 Å². The Balaban J connectivity index is 2.01. The van der Waals surface area contributed by atoms with E-state index in [4.69, 9.17) is 4.74 Å². The molecule has 1 atom stereocenters. The van der Waals surface area contributed by atoms with E-state index >= 15 is 0 Å². The van der Waals surface area contributed by atoms with Gasteiger partial charge in [-0.15, -0.1) is 0 Å². The highest BCUT2D eigenvalue weighted by Gasteiger charge is 2.22. The van der Waals surface area contributed by atoms with Gasteiger partial charge in [-0.3, -0.25) is 4.79 Å². The fraction of sp³-hybridized carbons (Fsp3) is 0.533. The van der Waals surface area contributed by atoms with Crippen molar-refractivity contribution >= 4 is 21.8 Å². The van der Waals surface area contributed by atoms with E-state index in [1.165, 1.54) is 0 Å². The minimum absolute atomic E-state index is 0.0118. The second-order valence-corrected chi connectivity index (χ2v) is 6.09. The zero-order valence-corrected chi connectivity index (χ0v) is 13.0. The fourth-order valence-electron chi connectivity index (χ4n) is 2.46. The number of amides is 1. The molecule has 1 aliphatic heterocycles. The smallest absolute Gasteiger partial charge is 0.251 e. The Morgan fingerprint density at radius 3 is 2.79 bits per heavy atom. The van der Waals surface area contributed by atoms with Crippen molar-refractivity contribution in [2.24, 2.45) is 5.92 Å². The molecule has 104 valence electrons. The topological polar surface area (TPSA) is 38.3 Å². The molecule has 1 amide bonds. The summed E-state index contributed by atoms with van der Waals surface area (Å²) in [4.78, 5) is 12.3. The zero-order valence-electron chi connectivity index (χ0n) is 11.4. The van der Waals surface area contributed by atoms with Gasteiger partial charge in [-0.05, 0) is 50.3 Å². The summed E-state index contributed by atoms with van der Waals surface area (Å²) in [5.74, 6) is 0.531. The van der Waals surface area contributed by atoms with Crippen molar-refractivity contribution in [2.75, 3.05) is 13.2 Å². The molecule has 1 heterocycles. The number of hydrogen-bond acceptors (Lipinski definition) is 2. The van der Waals surface area contributed by atoms with E-state index in [9.17, 15) is 4.79 Å². The van der Waals surface area contributed by atoms with E-state index in [-0.39, 0.29) is 11.9 Å². The molecule has 0 saturated carbocycles. The maximum Gasteiger partial charge on any atom is 0.251 e. The van der Waals surface area contributed by atoms with Crippen LogP contribution in [0.25, 0.3) is 0 Å². The lowest BCUT2D eigenvalue weighted by Gasteiger charge is -2.28. The average molecular weight is 326 g/mol. The summed E-state index contributed by atoms with van der Waals surface area (Å²) in [6.45, 7) is 5.66. The largest absolute Gasteiger partial charge is 0.381 e. The van der Waals surface area contributed by atoms with Crippen molar-refractivity contribution in [3.8, 4) is 0 Å². The SMILES string of the molecule is Cc1ccc(Br)cc1C(=O)NC(C)C1CCOCC1. The zero-order chi connectivity index (χ0) is 13.8. The summed E-state index contributed by atoms with van der Waals surface area (Å²) in [6.07, 6.45) is 2.05. The number of carbonyl (C=O) groups excluding carboxylic acids is 1. The Hall–Kier alpha value is -0.870. The molecular formula is C15H20BrNO2. The van der Waals surface area contributed by atoms with E-state index in [0.29, 0.717) is 5.92 Å². The van der Waals surface area contributed by atoms with Gasteiger partial charge in [-0.1, -0.05) is 22.0 Å². The molecule has 1 unspecified atom stereocenters. The highest BCUT2D eigenvalue weighted by atomic mass is 79.9. The van der Waals surface area contributed by atoms with Gasteiger partial charge in [-0.2, -0.15) is 0 Å². The number of rotatable bonds is 3. The molecule has 0 radical (unpaired) electrons. The number of carbonyl (C=O) groups is 1. The Morgan fingerprint density at radius 2 is 2.11 bits per heavy atom. The average Bonchev–Trinajstić information content (AvgIpc) is 2.42. The quantitative estimate of drug-likeness (QED) is 0.925. The van der Waals surface area contributed by atoms with Gasteiger partial charge in [0.05, 0.1) is 0 Å². The molecule has 4 heteroatoms. The number of nitrogens with one attached hydrogen (secondary N) is 1. The van der Waals surface area contributed by atoms with Crippen molar-refractivity contribution in [2.45, 2.75) is 32.7 Å². The fourth-order valence-corrected chi connectivity index (χ4v) is 2.82. The first-order valence-corrected chi connectivity index (χ1v) is 7.52. The number of aryl methyl sites for hydroxylation is 1. The molecule has 1 fully saturated rings. The molecule has 1 saturated heterocycles. The van der Waals surface area contributed by atoms with Gasteiger partial charge in [0.15, 0.2) is 0 Å². The van der Waals surface area contributed by atoms with Gasteiger partial charge in [0, 0.05) is 29.3 Å². The number of halogens is 1. The normalized spacial score (nSPS) is 18.1. The van der Waals surface area contributed by atoms with Gasteiger partial charge in [0.1, 0.15) is 0 Å². The summed E-state index contributed by atoms with van der Waals surface area (Å²) < 4.78 is 6.29. The van der Waals surface area contributed by atoms with Crippen LogP contribution in [0.1, 0.15) is 35.7 Å². The molecule has 19 heavy (non-hydrogen) atoms. The van der Waals surface area contributed by atoms with Crippen LogP contribution in [-0.2, 0) is 4.74 Å². The Kier molecular flexibility index (Phi) is 4.99. The third kappa shape index (κ3) is 3.80. The van der Waals surface area contributed by atoms with Crippen LogP contribution < -0.4 is 5.32 Å². The number of benzene rings is 1. The molecule has 1 N–H and O–H groups in total. The lowest BCUT2D eigenvalue weighted by molar-refractivity contribution is 0.0538. The van der Waals surface area contributed by atoms with Gasteiger partial charge >= 0.3 is 0 Å². The van der Waals surface area contributed by atoms with Gasteiger partial charge in [0.25, 0.3) is 5.91 Å². The van der Waals surface area contributed by atoms with Crippen LogP contribution in [0, 0.1) is 12.8 Å². The van der Waals surface area contributed by atoms with Crippen molar-refractivity contribution in [3.05, 3.63) is 33.8 Å². The molecule has 0 aromatic heterocycles. The molecule has 2 rings (SSSR count). The molecular weight excluding hydrogens is 306 g/mol. The van der Waals surface area contributed by atoms with Crippen LogP contribution in [0.3, 0.4) is 0 Å². The van der Waals surface area contributed by atoms with Crippen molar-refractivity contribution in [1.82, 2.24) is 5.32 Å². The monoisotopic (exact) mass is 325 g/mol. The van der Waals surface area contributed by atoms with Crippen LogP contribution in [-0.4, -0.2) is 25.2 Å². The minimum atomic E-state index is 0.0118. The lowest BCUT2D eigenvalue weighted by atomic mass is 9.92. The predicted molar refractivity (Wildman–Crippen MR) is 79.4 cm³/mol. The summed E-state index contributed by atoms with van der Waals surface area (Å²) in [7, 11) is 0. The number of hydrogen-bond donors (Lipinski definition) is 1. The van der Waals surface area contributed by atoms with Crippen molar-refractivity contribution < 1.29 is 9.53 Å². The van der Waals surface area contributed by atoms with Gasteiger partial charge in [0.2, 0.25) is 0 Å².